The van der Waals surface area contributed by atoms with Crippen LogP contribution in [0, 0.1) is 6.92 Å². The predicted molar refractivity (Wildman–Crippen MR) is 118 cm³/mol. The van der Waals surface area contributed by atoms with E-state index >= 15 is 0 Å². The number of nitrogens with one attached hydrogen (secondary N) is 1. The van der Waals surface area contributed by atoms with Crippen molar-refractivity contribution >= 4 is 17.7 Å². The minimum atomic E-state index is -0.338. The summed E-state index contributed by atoms with van der Waals surface area (Å²) in [5.74, 6) is 0.731. The van der Waals surface area contributed by atoms with E-state index in [1.807, 2.05) is 55.5 Å². The van der Waals surface area contributed by atoms with Gasteiger partial charge in [-0.1, -0.05) is 54.1 Å². The lowest BCUT2D eigenvalue weighted by atomic mass is 9.93. The summed E-state index contributed by atoms with van der Waals surface area (Å²) in [4.78, 5) is 12.5. The molecule has 1 unspecified atom stereocenters. The first kappa shape index (κ1) is 19.0. The van der Waals surface area contributed by atoms with Crippen LogP contribution in [0.5, 0.6) is 5.75 Å². The Balaban J connectivity index is 1.44. The first-order valence-corrected chi connectivity index (χ1v) is 9.95. The fraction of sp³-hybridized carbons (Fsp3) is 0.192. The molecular weight excluding hydrogens is 358 g/mol. The molecule has 0 saturated carbocycles. The third-order valence-corrected chi connectivity index (χ3v) is 5.29. The Bertz CT molecular complexity index is 1040. The van der Waals surface area contributed by atoms with Crippen molar-refractivity contribution < 1.29 is 9.53 Å². The maximum absolute atomic E-state index is 12.5. The average Bonchev–Trinajstić information content (AvgIpc) is 2.74. The molecule has 1 aliphatic rings. The van der Waals surface area contributed by atoms with E-state index in [2.05, 4.69) is 48.7 Å². The largest absolute Gasteiger partial charge is 0.483 e. The molecule has 1 amide bonds. The van der Waals surface area contributed by atoms with E-state index < -0.39 is 0 Å². The second-order valence-electron chi connectivity index (χ2n) is 7.81. The molecule has 3 aromatic rings. The first-order chi connectivity index (χ1) is 14.0. The second-order valence-corrected chi connectivity index (χ2v) is 7.81. The number of hydrogen-bond acceptors (Lipinski definition) is 2. The van der Waals surface area contributed by atoms with E-state index in [0.717, 1.165) is 35.4 Å². The molecular formula is C26H25NO2. The standard InChI is InChI=1S/C26H25NO2/c1-19-8-10-21(11-9-19)25(28)27-23-12-13-24-22(18-23)15-17-26(2,29-24)16-14-20-6-4-3-5-7-20/h3-13,15,17-18H,14,16H2,1-2H3,(H,27,28). The maximum Gasteiger partial charge on any atom is 0.255 e. The zero-order chi connectivity index (χ0) is 20.3. The van der Waals surface area contributed by atoms with E-state index in [9.17, 15) is 4.79 Å². The highest BCUT2D eigenvalue weighted by molar-refractivity contribution is 6.04. The van der Waals surface area contributed by atoms with Gasteiger partial charge >= 0.3 is 0 Å². The van der Waals surface area contributed by atoms with Crippen molar-refractivity contribution in [2.24, 2.45) is 0 Å². The SMILES string of the molecule is Cc1ccc(C(=O)Nc2ccc3c(c2)C=CC(C)(CCc2ccccc2)O3)cc1. The molecule has 146 valence electrons. The molecule has 0 spiro atoms. The second kappa shape index (κ2) is 7.96. The number of benzene rings is 3. The van der Waals surface area contributed by atoms with Crippen LogP contribution in [0.4, 0.5) is 5.69 Å². The molecule has 29 heavy (non-hydrogen) atoms. The molecule has 0 aromatic heterocycles. The Labute approximate surface area is 172 Å². The lowest BCUT2D eigenvalue weighted by Gasteiger charge is -2.32. The minimum absolute atomic E-state index is 0.113. The predicted octanol–water partition coefficient (Wildman–Crippen LogP) is 6.04. The molecule has 3 aromatic carbocycles. The van der Waals surface area contributed by atoms with E-state index in [-0.39, 0.29) is 11.5 Å². The Morgan fingerprint density at radius 1 is 1.00 bits per heavy atom. The van der Waals surface area contributed by atoms with Crippen LogP contribution in [0.3, 0.4) is 0 Å². The van der Waals surface area contributed by atoms with Gasteiger partial charge in [-0.2, -0.15) is 0 Å². The molecule has 0 aliphatic carbocycles. The smallest absolute Gasteiger partial charge is 0.255 e. The van der Waals surface area contributed by atoms with Gasteiger partial charge in [0.1, 0.15) is 11.4 Å². The average molecular weight is 383 g/mol. The Hall–Kier alpha value is -3.33. The Morgan fingerprint density at radius 2 is 1.76 bits per heavy atom. The molecule has 0 radical (unpaired) electrons. The summed E-state index contributed by atoms with van der Waals surface area (Å²) >= 11 is 0. The summed E-state index contributed by atoms with van der Waals surface area (Å²) in [6.45, 7) is 4.12. The summed E-state index contributed by atoms with van der Waals surface area (Å²) in [6, 6.07) is 23.8. The Morgan fingerprint density at radius 3 is 2.52 bits per heavy atom. The summed E-state index contributed by atoms with van der Waals surface area (Å²) < 4.78 is 6.30. The number of rotatable bonds is 5. The fourth-order valence-corrected chi connectivity index (χ4v) is 3.48. The normalized spacial score (nSPS) is 17.3. The van der Waals surface area contributed by atoms with E-state index in [1.54, 1.807) is 0 Å². The van der Waals surface area contributed by atoms with Crippen LogP contribution < -0.4 is 10.1 Å². The molecule has 0 fully saturated rings. The third kappa shape index (κ3) is 4.57. The topological polar surface area (TPSA) is 38.3 Å². The van der Waals surface area contributed by atoms with Crippen LogP contribution in [0.1, 0.15) is 40.4 Å². The first-order valence-electron chi connectivity index (χ1n) is 9.95. The van der Waals surface area contributed by atoms with Crippen LogP contribution in [0.15, 0.2) is 78.9 Å². The number of aryl methyl sites for hydroxylation is 2. The van der Waals surface area contributed by atoms with Gasteiger partial charge in [0, 0.05) is 16.8 Å². The van der Waals surface area contributed by atoms with E-state index in [0.29, 0.717) is 5.56 Å². The van der Waals surface area contributed by atoms with Gasteiger partial charge in [-0.05, 0) is 68.7 Å². The number of ether oxygens (including phenoxy) is 1. The quantitative estimate of drug-likeness (QED) is 0.583. The van der Waals surface area contributed by atoms with Crippen molar-refractivity contribution in [1.82, 2.24) is 0 Å². The monoisotopic (exact) mass is 383 g/mol. The molecule has 0 bridgehead atoms. The van der Waals surface area contributed by atoms with Crippen LogP contribution in [-0.2, 0) is 6.42 Å². The lowest BCUT2D eigenvalue weighted by molar-refractivity contribution is 0.102. The van der Waals surface area contributed by atoms with Crippen molar-refractivity contribution in [2.45, 2.75) is 32.3 Å². The Kier molecular flexibility index (Phi) is 5.22. The fourth-order valence-electron chi connectivity index (χ4n) is 3.48. The zero-order valence-corrected chi connectivity index (χ0v) is 16.8. The van der Waals surface area contributed by atoms with Crippen molar-refractivity contribution in [3.05, 3.63) is 101 Å². The summed E-state index contributed by atoms with van der Waals surface area (Å²) in [5, 5.41) is 2.97. The zero-order valence-electron chi connectivity index (χ0n) is 16.8. The van der Waals surface area contributed by atoms with E-state index in [1.165, 1.54) is 5.56 Å². The van der Waals surface area contributed by atoms with Gasteiger partial charge in [-0.3, -0.25) is 4.79 Å². The lowest BCUT2D eigenvalue weighted by Crippen LogP contribution is -2.32. The van der Waals surface area contributed by atoms with Crippen molar-refractivity contribution in [1.29, 1.82) is 0 Å². The molecule has 1 aliphatic heterocycles. The van der Waals surface area contributed by atoms with E-state index in [4.69, 9.17) is 4.74 Å². The number of carbonyl (C=O) groups excluding carboxylic acids is 1. The summed E-state index contributed by atoms with van der Waals surface area (Å²) in [5.41, 5.74) is 4.49. The third-order valence-electron chi connectivity index (χ3n) is 5.29. The number of amides is 1. The maximum atomic E-state index is 12.5. The number of carbonyl (C=O) groups is 1. The van der Waals surface area contributed by atoms with Gasteiger partial charge in [-0.25, -0.2) is 0 Å². The van der Waals surface area contributed by atoms with Crippen LogP contribution >= 0.6 is 0 Å². The molecule has 4 rings (SSSR count). The van der Waals surface area contributed by atoms with Gasteiger partial charge in [0.2, 0.25) is 0 Å². The van der Waals surface area contributed by atoms with Gasteiger partial charge in [0.15, 0.2) is 0 Å². The van der Waals surface area contributed by atoms with Gasteiger partial charge in [0.25, 0.3) is 5.91 Å². The summed E-state index contributed by atoms with van der Waals surface area (Å²) in [6.07, 6.45) is 6.07. The highest BCUT2D eigenvalue weighted by atomic mass is 16.5. The van der Waals surface area contributed by atoms with Crippen molar-refractivity contribution in [2.75, 3.05) is 5.32 Å². The van der Waals surface area contributed by atoms with Crippen LogP contribution in [0.25, 0.3) is 6.08 Å². The number of hydrogen-bond donors (Lipinski definition) is 1. The summed E-state index contributed by atoms with van der Waals surface area (Å²) in [7, 11) is 0. The highest BCUT2D eigenvalue weighted by Crippen LogP contribution is 2.35. The molecule has 3 heteroatoms. The molecule has 1 N–H and O–H groups in total. The highest BCUT2D eigenvalue weighted by Gasteiger charge is 2.27. The van der Waals surface area contributed by atoms with Gasteiger partial charge < -0.3 is 10.1 Å². The van der Waals surface area contributed by atoms with Crippen molar-refractivity contribution in [3.8, 4) is 5.75 Å². The minimum Gasteiger partial charge on any atom is -0.483 e. The van der Waals surface area contributed by atoms with Crippen LogP contribution in [-0.4, -0.2) is 11.5 Å². The number of fused-ring (bicyclic) bond motifs is 1. The van der Waals surface area contributed by atoms with Crippen LogP contribution in [0.2, 0.25) is 0 Å². The van der Waals surface area contributed by atoms with Gasteiger partial charge in [0.05, 0.1) is 0 Å². The van der Waals surface area contributed by atoms with Crippen molar-refractivity contribution in [3.63, 3.8) is 0 Å². The number of anilines is 1. The molecule has 0 saturated heterocycles. The molecule has 1 atom stereocenters. The molecule has 3 nitrogen and oxygen atoms in total. The van der Waals surface area contributed by atoms with Gasteiger partial charge in [-0.15, -0.1) is 0 Å². The molecule has 1 heterocycles.